The molecular weight excluding hydrogens is 397 g/mol. The van der Waals surface area contributed by atoms with E-state index in [2.05, 4.69) is 0 Å². The summed E-state index contributed by atoms with van der Waals surface area (Å²) in [4.78, 5) is 23.3. The number of halogens is 2. The Morgan fingerprint density at radius 2 is 1.74 bits per heavy atom. The van der Waals surface area contributed by atoms with Gasteiger partial charge in [0, 0.05) is 7.05 Å². The van der Waals surface area contributed by atoms with E-state index in [0.717, 1.165) is 22.5 Å². The number of carbonyl (C=O) groups excluding carboxylic acids is 2. The molecule has 144 valence electrons. The summed E-state index contributed by atoms with van der Waals surface area (Å²) in [7, 11) is -2.75. The van der Waals surface area contributed by atoms with Gasteiger partial charge in [0.1, 0.15) is 5.82 Å². The minimum atomic E-state index is -4.04. The summed E-state index contributed by atoms with van der Waals surface area (Å²) < 4.78 is 44.6. The van der Waals surface area contributed by atoms with Crippen LogP contribution in [0.2, 0.25) is 5.02 Å². The van der Waals surface area contributed by atoms with E-state index in [1.165, 1.54) is 45.2 Å². The first kappa shape index (κ1) is 20.9. The largest absolute Gasteiger partial charge is 0.451 e. The summed E-state index contributed by atoms with van der Waals surface area (Å²) in [5.41, 5.74) is 0.0547. The van der Waals surface area contributed by atoms with Gasteiger partial charge in [0.15, 0.2) is 11.9 Å². The average molecular weight is 414 g/mol. The molecule has 0 saturated heterocycles. The zero-order valence-electron chi connectivity index (χ0n) is 14.8. The SMILES string of the molecule is CC(=O)[C@@H](C)OC(=O)c1cc(S(=O)(=O)N(C)c2ccc(F)cc2)ccc1Cl. The van der Waals surface area contributed by atoms with E-state index in [4.69, 9.17) is 16.3 Å². The van der Waals surface area contributed by atoms with E-state index in [9.17, 15) is 22.4 Å². The molecular formula is C18H17ClFNO5S. The van der Waals surface area contributed by atoms with Gasteiger partial charge in [-0.05, 0) is 56.3 Å². The fourth-order valence-electron chi connectivity index (χ4n) is 2.08. The van der Waals surface area contributed by atoms with Crippen LogP contribution in [0.1, 0.15) is 24.2 Å². The minimum absolute atomic E-state index is 0.0147. The minimum Gasteiger partial charge on any atom is -0.451 e. The van der Waals surface area contributed by atoms with Crippen molar-refractivity contribution in [1.29, 1.82) is 0 Å². The van der Waals surface area contributed by atoms with Gasteiger partial charge in [-0.25, -0.2) is 17.6 Å². The number of rotatable bonds is 6. The lowest BCUT2D eigenvalue weighted by Crippen LogP contribution is -2.27. The molecule has 0 heterocycles. The van der Waals surface area contributed by atoms with Crippen molar-refractivity contribution in [3.05, 3.63) is 58.9 Å². The van der Waals surface area contributed by atoms with E-state index in [1.54, 1.807) is 0 Å². The summed E-state index contributed by atoms with van der Waals surface area (Å²) in [6.07, 6.45) is -0.990. The molecule has 0 bridgehead atoms. The molecule has 2 rings (SSSR count). The molecule has 27 heavy (non-hydrogen) atoms. The maximum Gasteiger partial charge on any atom is 0.340 e. The number of ketones is 1. The zero-order chi connectivity index (χ0) is 20.4. The van der Waals surface area contributed by atoms with Crippen LogP contribution in [0.15, 0.2) is 47.4 Å². The molecule has 0 unspecified atom stereocenters. The number of Topliss-reactive ketones (excluding diaryl/α,β-unsaturated/α-hetero) is 1. The number of carbonyl (C=O) groups is 2. The number of anilines is 1. The second kappa shape index (κ2) is 8.06. The fraction of sp³-hybridized carbons (Fsp3) is 0.222. The van der Waals surface area contributed by atoms with Gasteiger partial charge in [0.25, 0.3) is 10.0 Å². The van der Waals surface area contributed by atoms with Crippen LogP contribution in [0.25, 0.3) is 0 Å². The lowest BCUT2D eigenvalue weighted by molar-refractivity contribution is -0.124. The average Bonchev–Trinajstić information content (AvgIpc) is 2.61. The summed E-state index contributed by atoms with van der Waals surface area (Å²) in [6.45, 7) is 2.66. The summed E-state index contributed by atoms with van der Waals surface area (Å²) in [5.74, 6) is -1.77. The van der Waals surface area contributed by atoms with Crippen molar-refractivity contribution in [2.45, 2.75) is 24.8 Å². The number of hydrogen-bond donors (Lipinski definition) is 0. The number of ether oxygens (including phenoxy) is 1. The molecule has 0 radical (unpaired) electrons. The lowest BCUT2D eigenvalue weighted by atomic mass is 10.2. The van der Waals surface area contributed by atoms with Gasteiger partial charge in [-0.3, -0.25) is 9.10 Å². The highest BCUT2D eigenvalue weighted by molar-refractivity contribution is 7.92. The highest BCUT2D eigenvalue weighted by Crippen LogP contribution is 2.26. The molecule has 0 spiro atoms. The highest BCUT2D eigenvalue weighted by atomic mass is 35.5. The quantitative estimate of drug-likeness (QED) is 0.677. The van der Waals surface area contributed by atoms with Crippen molar-refractivity contribution >= 4 is 39.1 Å². The maximum absolute atomic E-state index is 13.1. The van der Waals surface area contributed by atoms with Crippen LogP contribution in [0.3, 0.4) is 0 Å². The Labute approximate surface area is 161 Å². The molecule has 0 amide bonds. The molecule has 9 heteroatoms. The molecule has 0 aliphatic rings. The number of hydrogen-bond acceptors (Lipinski definition) is 5. The van der Waals surface area contributed by atoms with Gasteiger partial charge < -0.3 is 4.74 Å². The Balaban J connectivity index is 2.39. The molecule has 2 aromatic carbocycles. The van der Waals surface area contributed by atoms with Crippen LogP contribution in [0, 0.1) is 5.82 Å². The van der Waals surface area contributed by atoms with E-state index in [0.29, 0.717) is 0 Å². The van der Waals surface area contributed by atoms with Crippen molar-refractivity contribution in [2.75, 3.05) is 11.4 Å². The van der Waals surface area contributed by atoms with Crippen LogP contribution in [-0.2, 0) is 19.6 Å². The second-order valence-corrected chi connectivity index (χ2v) is 8.13. The van der Waals surface area contributed by atoms with Crippen LogP contribution >= 0.6 is 11.6 Å². The van der Waals surface area contributed by atoms with E-state index < -0.39 is 27.9 Å². The van der Waals surface area contributed by atoms with Crippen molar-refractivity contribution in [1.82, 2.24) is 0 Å². The molecule has 6 nitrogen and oxygen atoms in total. The van der Waals surface area contributed by atoms with E-state index >= 15 is 0 Å². The molecule has 2 aromatic rings. The van der Waals surface area contributed by atoms with E-state index in [-0.39, 0.29) is 27.0 Å². The Morgan fingerprint density at radius 1 is 1.15 bits per heavy atom. The maximum atomic E-state index is 13.1. The van der Waals surface area contributed by atoms with Gasteiger partial charge in [0.05, 0.1) is 21.2 Å². The van der Waals surface area contributed by atoms with Gasteiger partial charge in [-0.2, -0.15) is 0 Å². The van der Waals surface area contributed by atoms with Crippen LogP contribution < -0.4 is 4.31 Å². The van der Waals surface area contributed by atoms with E-state index in [1.807, 2.05) is 0 Å². The summed E-state index contributed by atoms with van der Waals surface area (Å²) in [6, 6.07) is 8.46. The Hall–Kier alpha value is -2.45. The van der Waals surface area contributed by atoms with Crippen molar-refractivity contribution < 1.29 is 27.1 Å². The predicted octanol–water partition coefficient (Wildman–Crippen LogP) is 3.44. The van der Waals surface area contributed by atoms with Gasteiger partial charge in [-0.15, -0.1) is 0 Å². The monoisotopic (exact) mass is 413 g/mol. The van der Waals surface area contributed by atoms with Crippen LogP contribution in [-0.4, -0.2) is 33.3 Å². The Bertz CT molecular complexity index is 976. The Morgan fingerprint density at radius 3 is 2.30 bits per heavy atom. The smallest absolute Gasteiger partial charge is 0.340 e. The number of esters is 1. The molecule has 0 aliphatic heterocycles. The third-order valence-electron chi connectivity index (χ3n) is 3.86. The van der Waals surface area contributed by atoms with Crippen molar-refractivity contribution in [3.63, 3.8) is 0 Å². The second-order valence-electron chi connectivity index (χ2n) is 5.75. The highest BCUT2D eigenvalue weighted by Gasteiger charge is 2.25. The lowest BCUT2D eigenvalue weighted by Gasteiger charge is -2.20. The normalized spacial score (nSPS) is 12.3. The zero-order valence-corrected chi connectivity index (χ0v) is 16.3. The standard InChI is InChI=1S/C18H17ClFNO5S/c1-11(22)12(2)26-18(23)16-10-15(8-9-17(16)19)27(24,25)21(3)14-6-4-13(20)5-7-14/h4-10,12H,1-3H3/t12-/m1/s1. The first-order chi connectivity index (χ1) is 12.5. The molecule has 1 atom stereocenters. The van der Waals surface area contributed by atoms with Crippen LogP contribution in [0.5, 0.6) is 0 Å². The number of nitrogens with zero attached hydrogens (tertiary/aromatic N) is 1. The summed E-state index contributed by atoms with van der Waals surface area (Å²) >= 11 is 5.98. The van der Waals surface area contributed by atoms with Crippen molar-refractivity contribution in [3.8, 4) is 0 Å². The topological polar surface area (TPSA) is 80.8 Å². The van der Waals surface area contributed by atoms with Crippen molar-refractivity contribution in [2.24, 2.45) is 0 Å². The first-order valence-electron chi connectivity index (χ1n) is 7.79. The third-order valence-corrected chi connectivity index (χ3v) is 5.97. The number of sulfonamides is 1. The molecule has 0 fully saturated rings. The predicted molar refractivity (Wildman–Crippen MR) is 99.0 cm³/mol. The molecule has 0 N–H and O–H groups in total. The number of benzene rings is 2. The molecule has 0 aliphatic carbocycles. The summed E-state index contributed by atoms with van der Waals surface area (Å²) in [5, 5.41) is -0.0147. The third kappa shape index (κ3) is 4.64. The van der Waals surface area contributed by atoms with Crippen LogP contribution in [0.4, 0.5) is 10.1 Å². The first-order valence-corrected chi connectivity index (χ1v) is 9.61. The fourth-order valence-corrected chi connectivity index (χ4v) is 3.49. The van der Waals surface area contributed by atoms with Gasteiger partial charge >= 0.3 is 5.97 Å². The van der Waals surface area contributed by atoms with Gasteiger partial charge in [-0.1, -0.05) is 11.6 Å². The Kier molecular flexibility index (Phi) is 6.22. The van der Waals surface area contributed by atoms with Gasteiger partial charge in [0.2, 0.25) is 0 Å². The molecule has 0 saturated carbocycles. The molecule has 0 aromatic heterocycles.